The summed E-state index contributed by atoms with van der Waals surface area (Å²) in [6, 6.07) is 0.277. The number of thiazole rings is 1. The molecule has 1 aliphatic heterocycles. The molecular weight excluding hydrogens is 214 g/mol. The van der Waals surface area contributed by atoms with Crippen LogP contribution in [0.3, 0.4) is 0 Å². The average Bonchev–Trinajstić information content (AvgIpc) is 2.72. The lowest BCUT2D eigenvalue weighted by Crippen LogP contribution is -2.26. The van der Waals surface area contributed by atoms with E-state index in [1.54, 1.807) is 23.1 Å². The van der Waals surface area contributed by atoms with Crippen molar-refractivity contribution in [1.82, 2.24) is 10.3 Å². The van der Waals surface area contributed by atoms with Crippen molar-refractivity contribution in [2.75, 3.05) is 12.3 Å². The molecule has 0 aromatic carbocycles. The molecule has 0 spiro atoms. The van der Waals surface area contributed by atoms with E-state index in [1.165, 1.54) is 12.2 Å². The number of rotatable bonds is 2. The fraction of sp³-hybridized carbons (Fsp3) is 0.556. The van der Waals surface area contributed by atoms with Crippen molar-refractivity contribution in [3.05, 3.63) is 16.6 Å². The summed E-state index contributed by atoms with van der Waals surface area (Å²) in [7, 11) is 0. The number of aliphatic imine (C=N–C) groups is 1. The maximum atomic E-state index is 4.42. The summed E-state index contributed by atoms with van der Waals surface area (Å²) in [5.74, 6) is 1.18. The topological polar surface area (TPSA) is 37.3 Å². The lowest BCUT2D eigenvalue weighted by molar-refractivity contribution is 0.711. The second kappa shape index (κ2) is 4.79. The summed E-state index contributed by atoms with van der Waals surface area (Å²) >= 11 is 3.49. The molecule has 5 heteroatoms. The SMILES string of the molecule is CC(NC1=NCCCS1)c1nccs1. The monoisotopic (exact) mass is 227 g/mol. The second-order valence-corrected chi connectivity index (χ2v) is 5.14. The van der Waals surface area contributed by atoms with Crippen molar-refractivity contribution in [2.24, 2.45) is 4.99 Å². The van der Waals surface area contributed by atoms with E-state index in [0.717, 1.165) is 16.7 Å². The minimum Gasteiger partial charge on any atom is -0.356 e. The van der Waals surface area contributed by atoms with Crippen LogP contribution in [0, 0.1) is 0 Å². The van der Waals surface area contributed by atoms with Crippen molar-refractivity contribution >= 4 is 28.3 Å². The Kier molecular flexibility index (Phi) is 3.42. The zero-order valence-corrected chi connectivity index (χ0v) is 9.70. The molecule has 1 aromatic heterocycles. The van der Waals surface area contributed by atoms with Crippen LogP contribution in [0.2, 0.25) is 0 Å². The van der Waals surface area contributed by atoms with Gasteiger partial charge in [0.25, 0.3) is 0 Å². The van der Waals surface area contributed by atoms with Crippen molar-refractivity contribution in [2.45, 2.75) is 19.4 Å². The molecule has 1 aliphatic rings. The zero-order chi connectivity index (χ0) is 9.80. The van der Waals surface area contributed by atoms with Gasteiger partial charge in [0, 0.05) is 23.9 Å². The highest BCUT2D eigenvalue weighted by molar-refractivity contribution is 8.13. The maximum absolute atomic E-state index is 4.42. The molecule has 2 rings (SSSR count). The molecule has 0 saturated carbocycles. The summed E-state index contributed by atoms with van der Waals surface area (Å²) in [6.07, 6.45) is 3.04. The quantitative estimate of drug-likeness (QED) is 0.842. The maximum Gasteiger partial charge on any atom is 0.157 e. The van der Waals surface area contributed by atoms with Crippen LogP contribution in [-0.2, 0) is 0 Å². The Hall–Kier alpha value is -0.550. The van der Waals surface area contributed by atoms with Gasteiger partial charge in [-0.1, -0.05) is 11.8 Å². The molecule has 1 N–H and O–H groups in total. The zero-order valence-electron chi connectivity index (χ0n) is 8.06. The molecule has 0 fully saturated rings. The van der Waals surface area contributed by atoms with Gasteiger partial charge in [-0.15, -0.1) is 11.3 Å². The molecule has 0 radical (unpaired) electrons. The molecule has 0 aliphatic carbocycles. The van der Waals surface area contributed by atoms with E-state index in [1.807, 2.05) is 11.6 Å². The third kappa shape index (κ3) is 2.48. The van der Waals surface area contributed by atoms with Gasteiger partial charge in [-0.3, -0.25) is 4.99 Å². The second-order valence-electron chi connectivity index (χ2n) is 3.13. The molecule has 14 heavy (non-hydrogen) atoms. The van der Waals surface area contributed by atoms with Crippen molar-refractivity contribution in [3.8, 4) is 0 Å². The largest absolute Gasteiger partial charge is 0.356 e. The highest BCUT2D eigenvalue weighted by Crippen LogP contribution is 2.18. The molecule has 3 nitrogen and oxygen atoms in total. The molecule has 1 unspecified atom stereocenters. The highest BCUT2D eigenvalue weighted by atomic mass is 32.2. The first-order valence-corrected chi connectivity index (χ1v) is 6.56. The van der Waals surface area contributed by atoms with Crippen LogP contribution in [0.1, 0.15) is 24.4 Å². The number of nitrogens with zero attached hydrogens (tertiary/aromatic N) is 2. The van der Waals surface area contributed by atoms with Crippen LogP contribution in [0.4, 0.5) is 0 Å². The smallest absolute Gasteiger partial charge is 0.157 e. The van der Waals surface area contributed by atoms with Crippen LogP contribution >= 0.6 is 23.1 Å². The van der Waals surface area contributed by atoms with Gasteiger partial charge in [0.05, 0.1) is 6.04 Å². The first-order chi connectivity index (χ1) is 6.86. The Morgan fingerprint density at radius 3 is 3.14 bits per heavy atom. The number of hydrogen-bond acceptors (Lipinski definition) is 5. The van der Waals surface area contributed by atoms with Gasteiger partial charge >= 0.3 is 0 Å². The normalized spacial score (nSPS) is 18.8. The van der Waals surface area contributed by atoms with E-state index in [0.29, 0.717) is 0 Å². The molecule has 1 aromatic rings. The fourth-order valence-electron chi connectivity index (χ4n) is 1.24. The number of amidine groups is 1. The fourth-order valence-corrected chi connectivity index (χ4v) is 2.80. The Balaban J connectivity index is 1.94. The summed E-state index contributed by atoms with van der Waals surface area (Å²) in [5.41, 5.74) is 0. The van der Waals surface area contributed by atoms with E-state index < -0.39 is 0 Å². The number of nitrogens with one attached hydrogen (secondary N) is 1. The summed E-state index contributed by atoms with van der Waals surface area (Å²) in [5, 5.41) is 7.58. The molecule has 0 amide bonds. The van der Waals surface area contributed by atoms with E-state index in [-0.39, 0.29) is 6.04 Å². The van der Waals surface area contributed by atoms with Gasteiger partial charge in [-0.25, -0.2) is 4.98 Å². The average molecular weight is 227 g/mol. The number of hydrogen-bond donors (Lipinski definition) is 1. The predicted molar refractivity (Wildman–Crippen MR) is 63.0 cm³/mol. The Bertz CT molecular complexity index is 308. The van der Waals surface area contributed by atoms with E-state index in [9.17, 15) is 0 Å². The minimum absolute atomic E-state index is 0.277. The minimum atomic E-state index is 0.277. The Labute approximate surface area is 92.0 Å². The van der Waals surface area contributed by atoms with Gasteiger partial charge in [0.1, 0.15) is 5.01 Å². The lowest BCUT2D eigenvalue weighted by Gasteiger charge is -2.17. The van der Waals surface area contributed by atoms with Crippen LogP contribution < -0.4 is 5.32 Å². The standard InChI is InChI=1S/C9H13N3S2/c1-7(8-10-4-6-13-8)12-9-11-3-2-5-14-9/h4,6-7H,2-3,5H2,1H3,(H,11,12). The molecule has 1 atom stereocenters. The molecular formula is C9H13N3S2. The predicted octanol–water partition coefficient (Wildman–Crippen LogP) is 2.29. The third-order valence-electron chi connectivity index (χ3n) is 1.96. The molecule has 2 heterocycles. The van der Waals surface area contributed by atoms with Crippen molar-refractivity contribution < 1.29 is 0 Å². The van der Waals surface area contributed by atoms with Crippen molar-refractivity contribution in [3.63, 3.8) is 0 Å². The Morgan fingerprint density at radius 2 is 2.50 bits per heavy atom. The van der Waals surface area contributed by atoms with E-state index in [2.05, 4.69) is 22.2 Å². The highest BCUT2D eigenvalue weighted by Gasteiger charge is 2.12. The van der Waals surface area contributed by atoms with Crippen LogP contribution in [0.15, 0.2) is 16.6 Å². The van der Waals surface area contributed by atoms with Crippen LogP contribution in [0.5, 0.6) is 0 Å². The van der Waals surface area contributed by atoms with Crippen molar-refractivity contribution in [1.29, 1.82) is 0 Å². The van der Waals surface area contributed by atoms with Gasteiger partial charge in [0.2, 0.25) is 0 Å². The van der Waals surface area contributed by atoms with Crippen LogP contribution in [-0.4, -0.2) is 22.4 Å². The van der Waals surface area contributed by atoms with Gasteiger partial charge < -0.3 is 5.32 Å². The lowest BCUT2D eigenvalue weighted by atomic mass is 10.4. The number of aromatic nitrogens is 1. The van der Waals surface area contributed by atoms with Crippen LogP contribution in [0.25, 0.3) is 0 Å². The summed E-state index contributed by atoms with van der Waals surface area (Å²) in [4.78, 5) is 8.70. The van der Waals surface area contributed by atoms with E-state index in [4.69, 9.17) is 0 Å². The molecule has 0 bridgehead atoms. The number of thioether (sulfide) groups is 1. The third-order valence-corrected chi connectivity index (χ3v) is 3.93. The molecule has 76 valence electrons. The first-order valence-electron chi connectivity index (χ1n) is 4.69. The first kappa shape index (κ1) is 9.98. The summed E-state index contributed by atoms with van der Waals surface area (Å²) in [6.45, 7) is 3.08. The van der Waals surface area contributed by atoms with Gasteiger partial charge in [-0.2, -0.15) is 0 Å². The Morgan fingerprint density at radius 1 is 1.57 bits per heavy atom. The van der Waals surface area contributed by atoms with E-state index >= 15 is 0 Å². The van der Waals surface area contributed by atoms with Gasteiger partial charge in [-0.05, 0) is 13.3 Å². The van der Waals surface area contributed by atoms with Gasteiger partial charge in [0.15, 0.2) is 5.17 Å². The summed E-state index contributed by atoms with van der Waals surface area (Å²) < 4.78 is 0. The molecule has 0 saturated heterocycles.